The number of fused-ring (bicyclic) bond motifs is 1. The zero-order valence-corrected chi connectivity index (χ0v) is 12.6. The van der Waals surface area contributed by atoms with Crippen molar-refractivity contribution in [2.75, 3.05) is 12.5 Å². The molecule has 112 valence electrons. The second-order valence-corrected chi connectivity index (χ2v) is 6.23. The summed E-state index contributed by atoms with van der Waals surface area (Å²) >= 11 is 1.64. The minimum absolute atomic E-state index is 0.0200. The van der Waals surface area contributed by atoms with Gasteiger partial charge in [-0.05, 0) is 23.8 Å². The summed E-state index contributed by atoms with van der Waals surface area (Å²) in [6, 6.07) is 9.72. The van der Waals surface area contributed by atoms with Crippen molar-refractivity contribution in [2.45, 2.75) is 11.9 Å². The lowest BCUT2D eigenvalue weighted by atomic mass is 10.1. The third-order valence-electron chi connectivity index (χ3n) is 3.73. The summed E-state index contributed by atoms with van der Waals surface area (Å²) in [5.74, 6) is 2.16. The van der Waals surface area contributed by atoms with E-state index in [0.717, 1.165) is 22.6 Å². The van der Waals surface area contributed by atoms with Crippen LogP contribution < -0.4 is 9.47 Å². The topological polar surface area (TPSA) is 51.7 Å². The van der Waals surface area contributed by atoms with Gasteiger partial charge < -0.3 is 14.4 Å². The summed E-state index contributed by atoms with van der Waals surface area (Å²) in [7, 11) is 0. The van der Waals surface area contributed by atoms with Crippen LogP contribution in [0.5, 0.6) is 11.5 Å². The fourth-order valence-corrected chi connectivity index (χ4v) is 3.83. The first kappa shape index (κ1) is 13.5. The Bertz CT molecular complexity index is 708. The van der Waals surface area contributed by atoms with Crippen LogP contribution in [0.25, 0.3) is 0 Å². The van der Waals surface area contributed by atoms with Gasteiger partial charge in [-0.25, -0.2) is 0 Å². The van der Waals surface area contributed by atoms with Gasteiger partial charge in [-0.3, -0.25) is 9.78 Å². The van der Waals surface area contributed by atoms with Crippen molar-refractivity contribution in [3.63, 3.8) is 0 Å². The summed E-state index contributed by atoms with van der Waals surface area (Å²) in [6.45, 7) is 0.817. The molecule has 22 heavy (non-hydrogen) atoms. The number of nitrogens with zero attached hydrogens (tertiary/aromatic N) is 2. The van der Waals surface area contributed by atoms with Crippen molar-refractivity contribution in [2.24, 2.45) is 0 Å². The van der Waals surface area contributed by atoms with Crippen molar-refractivity contribution in [3.8, 4) is 11.5 Å². The number of hydrogen-bond acceptors (Lipinski definition) is 5. The number of hydrogen-bond donors (Lipinski definition) is 0. The van der Waals surface area contributed by atoms with Gasteiger partial charge in [-0.2, -0.15) is 0 Å². The van der Waals surface area contributed by atoms with E-state index in [9.17, 15) is 4.79 Å². The van der Waals surface area contributed by atoms with Crippen LogP contribution in [0.1, 0.15) is 16.5 Å². The molecule has 1 aromatic heterocycles. The van der Waals surface area contributed by atoms with Crippen LogP contribution in [0.3, 0.4) is 0 Å². The SMILES string of the molecule is O=C1CS[C@H](c2cccnc2)N1Cc1ccc2c(c1)OCO2. The summed E-state index contributed by atoms with van der Waals surface area (Å²) in [5, 5.41) is 0.0200. The highest BCUT2D eigenvalue weighted by Crippen LogP contribution is 2.40. The Morgan fingerprint density at radius 2 is 2.18 bits per heavy atom. The van der Waals surface area contributed by atoms with Crippen molar-refractivity contribution in [3.05, 3.63) is 53.9 Å². The molecule has 1 amide bonds. The Labute approximate surface area is 132 Å². The zero-order valence-electron chi connectivity index (χ0n) is 11.8. The van der Waals surface area contributed by atoms with E-state index in [0.29, 0.717) is 12.3 Å². The third-order valence-corrected chi connectivity index (χ3v) is 4.98. The minimum atomic E-state index is 0.0200. The van der Waals surface area contributed by atoms with Gasteiger partial charge in [0, 0.05) is 24.5 Å². The van der Waals surface area contributed by atoms with E-state index in [1.807, 2.05) is 41.4 Å². The maximum absolute atomic E-state index is 12.2. The first-order valence-electron chi connectivity index (χ1n) is 7.01. The molecule has 3 heterocycles. The van der Waals surface area contributed by atoms with Crippen LogP contribution in [0.15, 0.2) is 42.7 Å². The minimum Gasteiger partial charge on any atom is -0.454 e. The number of carbonyl (C=O) groups excluding carboxylic acids is 1. The highest BCUT2D eigenvalue weighted by molar-refractivity contribution is 8.00. The predicted molar refractivity (Wildman–Crippen MR) is 82.6 cm³/mol. The van der Waals surface area contributed by atoms with Crippen LogP contribution >= 0.6 is 11.8 Å². The standard InChI is InChI=1S/C16H14N2O3S/c19-15-9-22-16(12-2-1-5-17-7-12)18(15)8-11-3-4-13-14(6-11)21-10-20-13/h1-7,16H,8-10H2/t16-/m1/s1. The molecular weight excluding hydrogens is 300 g/mol. The monoisotopic (exact) mass is 314 g/mol. The molecule has 0 N–H and O–H groups in total. The number of benzene rings is 1. The van der Waals surface area contributed by atoms with Crippen LogP contribution in [-0.4, -0.2) is 28.3 Å². The molecule has 2 aliphatic heterocycles. The van der Waals surface area contributed by atoms with Gasteiger partial charge in [0.25, 0.3) is 0 Å². The van der Waals surface area contributed by atoms with E-state index < -0.39 is 0 Å². The van der Waals surface area contributed by atoms with Gasteiger partial charge in [0.15, 0.2) is 11.5 Å². The third kappa shape index (κ3) is 2.39. The number of carbonyl (C=O) groups is 1. The lowest BCUT2D eigenvalue weighted by Gasteiger charge is -2.24. The number of aromatic nitrogens is 1. The average molecular weight is 314 g/mol. The molecule has 1 saturated heterocycles. The van der Waals surface area contributed by atoms with Crippen LogP contribution in [-0.2, 0) is 11.3 Å². The van der Waals surface area contributed by atoms with E-state index in [1.54, 1.807) is 18.0 Å². The molecule has 1 aromatic carbocycles. The van der Waals surface area contributed by atoms with Gasteiger partial charge in [0.2, 0.25) is 12.7 Å². The molecule has 1 fully saturated rings. The second-order valence-electron chi connectivity index (χ2n) is 5.16. The van der Waals surface area contributed by atoms with Crippen LogP contribution in [0.2, 0.25) is 0 Å². The van der Waals surface area contributed by atoms with Gasteiger partial charge >= 0.3 is 0 Å². The number of amides is 1. The highest BCUT2D eigenvalue weighted by atomic mass is 32.2. The fourth-order valence-electron chi connectivity index (χ4n) is 2.66. The van der Waals surface area contributed by atoms with Crippen LogP contribution in [0, 0.1) is 0 Å². The first-order valence-corrected chi connectivity index (χ1v) is 8.06. The van der Waals surface area contributed by atoms with E-state index in [1.165, 1.54) is 0 Å². The summed E-state index contributed by atoms with van der Waals surface area (Å²) < 4.78 is 10.7. The molecule has 6 heteroatoms. The molecule has 1 atom stereocenters. The van der Waals surface area contributed by atoms with Crippen molar-refractivity contribution in [1.82, 2.24) is 9.88 Å². The maximum Gasteiger partial charge on any atom is 0.234 e. The maximum atomic E-state index is 12.2. The number of rotatable bonds is 3. The van der Waals surface area contributed by atoms with Gasteiger partial charge in [0.05, 0.1) is 5.75 Å². The number of thioether (sulfide) groups is 1. The van der Waals surface area contributed by atoms with E-state index in [-0.39, 0.29) is 18.1 Å². The normalized spacial score (nSPS) is 19.7. The lowest BCUT2D eigenvalue weighted by Crippen LogP contribution is -2.27. The Morgan fingerprint density at radius 3 is 3.05 bits per heavy atom. The Morgan fingerprint density at radius 1 is 1.27 bits per heavy atom. The molecule has 2 aliphatic rings. The molecule has 0 aliphatic carbocycles. The van der Waals surface area contributed by atoms with Crippen LogP contribution in [0.4, 0.5) is 0 Å². The Hall–Kier alpha value is -2.21. The van der Waals surface area contributed by atoms with Gasteiger partial charge in [-0.1, -0.05) is 12.1 Å². The summed E-state index contributed by atoms with van der Waals surface area (Å²) in [4.78, 5) is 18.3. The average Bonchev–Trinajstić information content (AvgIpc) is 3.15. The molecule has 2 aromatic rings. The molecule has 5 nitrogen and oxygen atoms in total. The molecule has 0 saturated carbocycles. The van der Waals surface area contributed by atoms with Crippen molar-refractivity contribution in [1.29, 1.82) is 0 Å². The van der Waals surface area contributed by atoms with E-state index >= 15 is 0 Å². The second kappa shape index (κ2) is 5.53. The van der Waals surface area contributed by atoms with E-state index in [4.69, 9.17) is 9.47 Å². The largest absolute Gasteiger partial charge is 0.454 e. The number of ether oxygens (including phenoxy) is 2. The quantitative estimate of drug-likeness (QED) is 0.871. The fraction of sp³-hybridized carbons (Fsp3) is 0.250. The highest BCUT2D eigenvalue weighted by Gasteiger charge is 2.33. The lowest BCUT2D eigenvalue weighted by molar-refractivity contribution is -0.128. The molecule has 0 unspecified atom stereocenters. The molecule has 0 spiro atoms. The first-order chi connectivity index (χ1) is 10.8. The van der Waals surface area contributed by atoms with Crippen molar-refractivity contribution < 1.29 is 14.3 Å². The predicted octanol–water partition coefficient (Wildman–Crippen LogP) is 2.58. The van der Waals surface area contributed by atoms with E-state index in [2.05, 4.69) is 4.98 Å². The summed E-state index contributed by atoms with van der Waals surface area (Å²) in [6.07, 6.45) is 3.57. The van der Waals surface area contributed by atoms with Gasteiger partial charge in [-0.15, -0.1) is 11.8 Å². The smallest absolute Gasteiger partial charge is 0.234 e. The van der Waals surface area contributed by atoms with Crippen molar-refractivity contribution >= 4 is 17.7 Å². The zero-order chi connectivity index (χ0) is 14.9. The summed E-state index contributed by atoms with van der Waals surface area (Å²) in [5.41, 5.74) is 2.09. The Kier molecular flexibility index (Phi) is 3.38. The molecule has 0 bridgehead atoms. The molecular formula is C16H14N2O3S. The molecule has 4 rings (SSSR count). The van der Waals surface area contributed by atoms with Gasteiger partial charge in [0.1, 0.15) is 5.37 Å². The molecule has 0 radical (unpaired) electrons. The number of pyridine rings is 1. The Balaban J connectivity index is 1.59.